The van der Waals surface area contributed by atoms with Gasteiger partial charge in [-0.2, -0.15) is 0 Å². The quantitative estimate of drug-likeness (QED) is 0.817. The van der Waals surface area contributed by atoms with E-state index in [1.165, 1.54) is 23.3 Å². The molecule has 4 heteroatoms. The summed E-state index contributed by atoms with van der Waals surface area (Å²) in [5.41, 5.74) is 2.97. The highest BCUT2D eigenvalue weighted by Crippen LogP contribution is 2.44. The fourth-order valence-electron chi connectivity index (χ4n) is 3.84. The molecule has 134 valence electrons. The molecule has 1 saturated carbocycles. The smallest absolute Gasteiger partial charge is 0.251 e. The molecule has 1 unspecified atom stereocenters. The lowest BCUT2D eigenvalue weighted by molar-refractivity contribution is 0.0943. The van der Waals surface area contributed by atoms with Gasteiger partial charge in [0, 0.05) is 27.3 Å². The summed E-state index contributed by atoms with van der Waals surface area (Å²) in [6.07, 6.45) is 4.16. The minimum Gasteiger partial charge on any atom is -0.388 e. The molecule has 3 nitrogen and oxygen atoms in total. The standard InChI is InChI=1S/C21H27NO2S/c1-14-6-7-17(15(2)12-14)20(24)22-13-21(10-4-5-11-21)19-9-8-18(25-19)16(3)23/h6-9,12,16,23H,4-5,10-11,13H2,1-3H3,(H,22,24). The normalized spacial score (nSPS) is 17.4. The van der Waals surface area contributed by atoms with Gasteiger partial charge in [0.15, 0.2) is 0 Å². The maximum atomic E-state index is 12.7. The summed E-state index contributed by atoms with van der Waals surface area (Å²) < 4.78 is 0. The van der Waals surface area contributed by atoms with Crippen LogP contribution in [0.5, 0.6) is 0 Å². The van der Waals surface area contributed by atoms with Crippen LogP contribution in [-0.2, 0) is 5.41 Å². The van der Waals surface area contributed by atoms with E-state index >= 15 is 0 Å². The van der Waals surface area contributed by atoms with E-state index in [1.54, 1.807) is 18.3 Å². The average molecular weight is 358 g/mol. The third-order valence-corrected chi connectivity index (χ3v) is 6.84. The van der Waals surface area contributed by atoms with E-state index in [0.29, 0.717) is 6.54 Å². The van der Waals surface area contributed by atoms with E-state index in [1.807, 2.05) is 32.0 Å². The van der Waals surface area contributed by atoms with Crippen molar-refractivity contribution >= 4 is 17.2 Å². The van der Waals surface area contributed by atoms with Gasteiger partial charge < -0.3 is 10.4 Å². The Morgan fingerprint density at radius 3 is 2.56 bits per heavy atom. The Hall–Kier alpha value is -1.65. The van der Waals surface area contributed by atoms with Gasteiger partial charge in [0.1, 0.15) is 0 Å². The topological polar surface area (TPSA) is 49.3 Å². The van der Waals surface area contributed by atoms with Crippen molar-refractivity contribution in [2.45, 2.75) is 58.0 Å². The van der Waals surface area contributed by atoms with Crippen molar-refractivity contribution in [3.8, 4) is 0 Å². The third kappa shape index (κ3) is 3.80. The zero-order valence-corrected chi connectivity index (χ0v) is 16.1. The van der Waals surface area contributed by atoms with Crippen LogP contribution >= 0.6 is 11.3 Å². The van der Waals surface area contributed by atoms with Gasteiger partial charge in [0.05, 0.1) is 6.10 Å². The zero-order valence-electron chi connectivity index (χ0n) is 15.3. The minimum absolute atomic E-state index is 0.0103. The van der Waals surface area contributed by atoms with Crippen LogP contribution in [0, 0.1) is 13.8 Å². The fraction of sp³-hybridized carbons (Fsp3) is 0.476. The Morgan fingerprint density at radius 1 is 1.24 bits per heavy atom. The Bertz CT molecular complexity index is 757. The van der Waals surface area contributed by atoms with E-state index in [4.69, 9.17) is 0 Å². The first-order chi connectivity index (χ1) is 11.9. The molecular weight excluding hydrogens is 330 g/mol. The number of thiophene rings is 1. The van der Waals surface area contributed by atoms with Crippen molar-refractivity contribution in [1.82, 2.24) is 5.32 Å². The molecule has 2 N–H and O–H groups in total. The van der Waals surface area contributed by atoms with Crippen LogP contribution < -0.4 is 5.32 Å². The highest BCUT2D eigenvalue weighted by Gasteiger charge is 2.37. The van der Waals surface area contributed by atoms with Gasteiger partial charge >= 0.3 is 0 Å². The summed E-state index contributed by atoms with van der Waals surface area (Å²) in [4.78, 5) is 15.0. The van der Waals surface area contributed by atoms with Crippen molar-refractivity contribution in [2.24, 2.45) is 0 Å². The first-order valence-electron chi connectivity index (χ1n) is 9.05. The van der Waals surface area contributed by atoms with Crippen LogP contribution in [0.3, 0.4) is 0 Å². The second-order valence-electron chi connectivity index (χ2n) is 7.37. The molecule has 1 amide bonds. The Morgan fingerprint density at radius 2 is 1.96 bits per heavy atom. The molecule has 1 aliphatic rings. The number of aryl methyl sites for hydroxylation is 2. The Kier molecular flexibility index (Phi) is 5.30. The summed E-state index contributed by atoms with van der Waals surface area (Å²) in [5.74, 6) is 0.0103. The van der Waals surface area contributed by atoms with Crippen LogP contribution in [0.1, 0.15) is 70.0 Å². The van der Waals surface area contributed by atoms with E-state index in [9.17, 15) is 9.90 Å². The zero-order chi connectivity index (χ0) is 18.0. The first kappa shape index (κ1) is 18.2. The van der Waals surface area contributed by atoms with Crippen molar-refractivity contribution in [2.75, 3.05) is 6.54 Å². The molecule has 0 bridgehead atoms. The maximum Gasteiger partial charge on any atom is 0.251 e. The second kappa shape index (κ2) is 7.30. The predicted octanol–water partition coefficient (Wildman–Crippen LogP) is 4.66. The molecule has 0 radical (unpaired) electrons. The summed E-state index contributed by atoms with van der Waals surface area (Å²) in [6.45, 7) is 6.50. The Balaban J connectivity index is 1.77. The number of aliphatic hydroxyl groups excluding tert-OH is 1. The molecule has 1 aliphatic carbocycles. The van der Waals surface area contributed by atoms with Crippen LogP contribution in [0.2, 0.25) is 0 Å². The van der Waals surface area contributed by atoms with Gasteiger partial charge in [-0.05, 0) is 57.4 Å². The molecule has 1 heterocycles. The number of aliphatic hydroxyl groups is 1. The molecule has 0 aliphatic heterocycles. The molecule has 2 aromatic rings. The number of carbonyl (C=O) groups is 1. The van der Waals surface area contributed by atoms with E-state index in [2.05, 4.69) is 17.4 Å². The number of hydrogen-bond acceptors (Lipinski definition) is 3. The number of amides is 1. The minimum atomic E-state index is -0.429. The van der Waals surface area contributed by atoms with Crippen molar-refractivity contribution in [1.29, 1.82) is 0 Å². The largest absolute Gasteiger partial charge is 0.388 e. The SMILES string of the molecule is Cc1ccc(C(=O)NCC2(c3ccc(C(C)O)s3)CCCC2)c(C)c1. The molecule has 1 atom stereocenters. The van der Waals surface area contributed by atoms with E-state index < -0.39 is 6.10 Å². The lowest BCUT2D eigenvalue weighted by Gasteiger charge is -2.28. The van der Waals surface area contributed by atoms with Crippen molar-refractivity contribution < 1.29 is 9.90 Å². The molecule has 3 rings (SSSR count). The van der Waals surface area contributed by atoms with Gasteiger partial charge in [-0.3, -0.25) is 4.79 Å². The van der Waals surface area contributed by atoms with Crippen LogP contribution in [0.25, 0.3) is 0 Å². The van der Waals surface area contributed by atoms with Crippen molar-refractivity contribution in [3.63, 3.8) is 0 Å². The summed E-state index contributed by atoms with van der Waals surface area (Å²) in [6, 6.07) is 10.1. The van der Waals surface area contributed by atoms with Crippen LogP contribution in [0.15, 0.2) is 30.3 Å². The monoisotopic (exact) mass is 357 g/mol. The number of benzene rings is 1. The number of hydrogen-bond donors (Lipinski definition) is 2. The van der Waals surface area contributed by atoms with Crippen LogP contribution in [-0.4, -0.2) is 17.6 Å². The van der Waals surface area contributed by atoms with E-state index in [0.717, 1.165) is 28.8 Å². The van der Waals surface area contributed by atoms with Gasteiger partial charge in [-0.15, -0.1) is 11.3 Å². The molecule has 1 aromatic carbocycles. The number of carbonyl (C=O) groups excluding carboxylic acids is 1. The third-order valence-electron chi connectivity index (χ3n) is 5.34. The van der Waals surface area contributed by atoms with Crippen LogP contribution in [0.4, 0.5) is 0 Å². The van der Waals surface area contributed by atoms with Crippen molar-refractivity contribution in [3.05, 3.63) is 56.8 Å². The number of nitrogens with one attached hydrogen (secondary N) is 1. The Labute approximate surface area is 154 Å². The maximum absolute atomic E-state index is 12.7. The molecule has 0 spiro atoms. The summed E-state index contributed by atoms with van der Waals surface area (Å²) in [7, 11) is 0. The van der Waals surface area contributed by atoms with Gasteiger partial charge in [0.2, 0.25) is 0 Å². The number of rotatable bonds is 5. The summed E-state index contributed by atoms with van der Waals surface area (Å²) >= 11 is 1.69. The highest BCUT2D eigenvalue weighted by atomic mass is 32.1. The lowest BCUT2D eigenvalue weighted by atomic mass is 9.84. The average Bonchev–Trinajstić information content (AvgIpc) is 3.23. The second-order valence-corrected chi connectivity index (χ2v) is 8.48. The predicted molar refractivity (Wildman–Crippen MR) is 103 cm³/mol. The molecular formula is C21H27NO2S. The molecule has 0 saturated heterocycles. The van der Waals surface area contributed by atoms with Gasteiger partial charge in [0.25, 0.3) is 5.91 Å². The fourth-order valence-corrected chi connectivity index (χ4v) is 5.03. The first-order valence-corrected chi connectivity index (χ1v) is 9.87. The lowest BCUT2D eigenvalue weighted by Crippen LogP contribution is -2.38. The highest BCUT2D eigenvalue weighted by molar-refractivity contribution is 7.12. The molecule has 25 heavy (non-hydrogen) atoms. The summed E-state index contributed by atoms with van der Waals surface area (Å²) in [5, 5.41) is 13.0. The molecule has 1 aromatic heterocycles. The molecule has 1 fully saturated rings. The van der Waals surface area contributed by atoms with E-state index in [-0.39, 0.29) is 11.3 Å². The van der Waals surface area contributed by atoms with Gasteiger partial charge in [-0.25, -0.2) is 0 Å². The van der Waals surface area contributed by atoms with Gasteiger partial charge in [-0.1, -0.05) is 30.5 Å².